The second-order valence-electron chi connectivity index (χ2n) is 7.72. The van der Waals surface area contributed by atoms with Crippen LogP contribution >= 0.6 is 15.9 Å². The lowest BCUT2D eigenvalue weighted by Gasteiger charge is -2.20. The van der Waals surface area contributed by atoms with E-state index in [4.69, 9.17) is 10.2 Å². The van der Waals surface area contributed by atoms with Crippen LogP contribution in [0, 0.1) is 0 Å². The summed E-state index contributed by atoms with van der Waals surface area (Å²) < 4.78 is 2.87. The first-order chi connectivity index (χ1) is 15.6. The quantitative estimate of drug-likeness (QED) is 0.356. The lowest BCUT2D eigenvalue weighted by Crippen LogP contribution is -2.24. The molecule has 5 rings (SSSR count). The smallest absolute Gasteiger partial charge is 0.240 e. The Morgan fingerprint density at radius 2 is 1.62 bits per heavy atom. The zero-order valence-electron chi connectivity index (χ0n) is 17.5. The molecule has 0 aliphatic carbocycles. The van der Waals surface area contributed by atoms with Crippen molar-refractivity contribution in [1.29, 1.82) is 0 Å². The number of nitrogens with zero attached hydrogens (tertiary/aromatic N) is 4. The van der Waals surface area contributed by atoms with Crippen LogP contribution in [0.5, 0.6) is 0 Å². The van der Waals surface area contributed by atoms with Gasteiger partial charge in [-0.1, -0.05) is 76.6 Å². The Hall–Kier alpha value is -3.51. The van der Waals surface area contributed by atoms with Gasteiger partial charge in [0, 0.05) is 35.1 Å². The molecule has 3 aromatic carbocycles. The largest absolute Gasteiger partial charge is 0.273 e. The summed E-state index contributed by atoms with van der Waals surface area (Å²) in [6.45, 7) is 1.56. The highest BCUT2D eigenvalue weighted by molar-refractivity contribution is 9.10. The van der Waals surface area contributed by atoms with Crippen LogP contribution in [0.15, 0.2) is 101 Å². The number of carbonyl (C=O) groups excluding carboxylic acids is 1. The minimum absolute atomic E-state index is 0.0912. The molecule has 1 aliphatic rings. The predicted molar refractivity (Wildman–Crippen MR) is 130 cm³/mol. The van der Waals surface area contributed by atoms with Crippen LogP contribution in [0.1, 0.15) is 30.5 Å². The van der Waals surface area contributed by atoms with Gasteiger partial charge in [-0.15, -0.1) is 0 Å². The number of hydrogen-bond acceptors (Lipinski definition) is 3. The number of para-hydroxylation sites is 1. The number of halogens is 1. The Kier molecular flexibility index (Phi) is 5.45. The molecule has 0 spiro atoms. The summed E-state index contributed by atoms with van der Waals surface area (Å²) in [4.78, 5) is 12.6. The summed E-state index contributed by atoms with van der Waals surface area (Å²) in [5.74, 6) is -0.0912. The van der Waals surface area contributed by atoms with Crippen molar-refractivity contribution in [1.82, 2.24) is 14.8 Å². The third-order valence-electron chi connectivity index (χ3n) is 5.56. The maximum Gasteiger partial charge on any atom is 0.240 e. The minimum Gasteiger partial charge on any atom is -0.273 e. The van der Waals surface area contributed by atoms with Crippen LogP contribution < -0.4 is 0 Å². The van der Waals surface area contributed by atoms with Gasteiger partial charge in [-0.2, -0.15) is 10.2 Å². The summed E-state index contributed by atoms with van der Waals surface area (Å²) in [6.07, 6.45) is 2.65. The molecule has 1 unspecified atom stereocenters. The van der Waals surface area contributed by atoms with Crippen LogP contribution in [0.4, 0.5) is 0 Å². The third kappa shape index (κ3) is 3.89. The van der Waals surface area contributed by atoms with Gasteiger partial charge in [-0.25, -0.2) is 9.69 Å². The molecule has 1 amide bonds. The highest BCUT2D eigenvalue weighted by Crippen LogP contribution is 2.38. The third-order valence-corrected chi connectivity index (χ3v) is 6.05. The molecule has 1 atom stereocenters. The number of benzene rings is 3. The molecule has 0 N–H and O–H groups in total. The van der Waals surface area contributed by atoms with Crippen molar-refractivity contribution in [2.75, 3.05) is 0 Å². The van der Waals surface area contributed by atoms with Gasteiger partial charge >= 0.3 is 0 Å². The molecule has 6 heteroatoms. The van der Waals surface area contributed by atoms with Gasteiger partial charge in [0.15, 0.2) is 0 Å². The second-order valence-corrected chi connectivity index (χ2v) is 8.64. The van der Waals surface area contributed by atoms with Gasteiger partial charge in [-0.3, -0.25) is 4.79 Å². The van der Waals surface area contributed by atoms with Crippen molar-refractivity contribution in [3.63, 3.8) is 0 Å². The number of hydrogen-bond donors (Lipinski definition) is 0. The first kappa shape index (κ1) is 20.4. The summed E-state index contributed by atoms with van der Waals surface area (Å²) in [5.41, 5.74) is 5.70. The van der Waals surface area contributed by atoms with Gasteiger partial charge < -0.3 is 0 Å². The minimum atomic E-state index is -0.228. The summed E-state index contributed by atoms with van der Waals surface area (Å²) in [7, 11) is 0. The van der Waals surface area contributed by atoms with E-state index < -0.39 is 0 Å². The van der Waals surface area contributed by atoms with Crippen LogP contribution in [0.3, 0.4) is 0 Å². The summed E-state index contributed by atoms with van der Waals surface area (Å²) in [6, 6.07) is 27.9. The van der Waals surface area contributed by atoms with Crippen LogP contribution in [0.2, 0.25) is 0 Å². The van der Waals surface area contributed by atoms with Crippen molar-refractivity contribution >= 4 is 27.5 Å². The average molecular weight is 485 g/mol. The monoisotopic (exact) mass is 484 g/mol. The topological polar surface area (TPSA) is 50.5 Å². The van der Waals surface area contributed by atoms with E-state index in [1.807, 2.05) is 95.8 Å². The van der Waals surface area contributed by atoms with E-state index in [0.717, 1.165) is 38.3 Å². The Labute approximate surface area is 195 Å². The van der Waals surface area contributed by atoms with Gasteiger partial charge in [0.25, 0.3) is 0 Å². The fourth-order valence-electron chi connectivity index (χ4n) is 4.05. The maximum atomic E-state index is 12.6. The number of carbonyl (C=O) groups is 1. The van der Waals surface area contributed by atoms with E-state index in [1.54, 1.807) is 11.9 Å². The highest BCUT2D eigenvalue weighted by atomic mass is 79.9. The lowest BCUT2D eigenvalue weighted by molar-refractivity contribution is -0.130. The fourth-order valence-corrected chi connectivity index (χ4v) is 4.45. The molecule has 0 saturated carbocycles. The predicted octanol–water partition coefficient (Wildman–Crippen LogP) is 6.00. The molecular formula is C26H21BrN4O. The zero-order chi connectivity index (χ0) is 22.1. The molecule has 0 saturated heterocycles. The number of aromatic nitrogens is 2. The van der Waals surface area contributed by atoms with E-state index in [0.29, 0.717) is 6.42 Å². The standard InChI is InChI=1S/C26H21BrN4O/c1-18(32)31-25(16-24(28-31)20-11-8-12-21(27)15-20)23-17-30(22-13-6-3-7-14-22)29-26(23)19-9-4-2-5-10-19/h2-15,17,25H,16H2,1H3. The van der Waals surface area contributed by atoms with Gasteiger partial charge in [-0.05, 0) is 29.8 Å². The van der Waals surface area contributed by atoms with Gasteiger partial charge in [0.05, 0.1) is 23.1 Å². The summed E-state index contributed by atoms with van der Waals surface area (Å²) >= 11 is 3.54. The molecule has 0 bridgehead atoms. The Bertz CT molecular complexity index is 1300. The first-order valence-electron chi connectivity index (χ1n) is 10.4. The van der Waals surface area contributed by atoms with Crippen molar-refractivity contribution in [2.24, 2.45) is 5.10 Å². The Morgan fingerprint density at radius 1 is 0.938 bits per heavy atom. The SMILES string of the molecule is CC(=O)N1N=C(c2cccc(Br)c2)CC1c1cn(-c2ccccc2)nc1-c1ccccc1. The maximum absolute atomic E-state index is 12.6. The molecule has 1 aromatic heterocycles. The number of rotatable bonds is 4. The Balaban J connectivity index is 1.61. The van der Waals surface area contributed by atoms with E-state index in [2.05, 4.69) is 15.9 Å². The van der Waals surface area contributed by atoms with Gasteiger partial charge in [0.2, 0.25) is 5.91 Å². The molecule has 0 fully saturated rings. The molecule has 2 heterocycles. The zero-order valence-corrected chi connectivity index (χ0v) is 19.1. The molecule has 5 nitrogen and oxygen atoms in total. The highest BCUT2D eigenvalue weighted by Gasteiger charge is 2.34. The Morgan fingerprint density at radius 3 is 2.31 bits per heavy atom. The van der Waals surface area contributed by atoms with Crippen molar-refractivity contribution in [2.45, 2.75) is 19.4 Å². The second kappa shape index (κ2) is 8.55. The molecule has 4 aromatic rings. The molecule has 32 heavy (non-hydrogen) atoms. The normalized spacial score (nSPS) is 15.6. The van der Waals surface area contributed by atoms with Crippen LogP contribution in [-0.4, -0.2) is 26.4 Å². The van der Waals surface area contributed by atoms with E-state index in [9.17, 15) is 4.79 Å². The van der Waals surface area contributed by atoms with E-state index >= 15 is 0 Å². The molecule has 1 aliphatic heterocycles. The number of hydrazone groups is 1. The van der Waals surface area contributed by atoms with E-state index in [-0.39, 0.29) is 11.9 Å². The number of amides is 1. The van der Waals surface area contributed by atoms with Gasteiger partial charge in [0.1, 0.15) is 0 Å². The molecular weight excluding hydrogens is 464 g/mol. The fraction of sp³-hybridized carbons (Fsp3) is 0.115. The lowest BCUT2D eigenvalue weighted by atomic mass is 9.96. The van der Waals surface area contributed by atoms with Crippen LogP contribution in [0.25, 0.3) is 16.9 Å². The first-order valence-corrected chi connectivity index (χ1v) is 11.2. The average Bonchev–Trinajstić information content (AvgIpc) is 3.45. The van der Waals surface area contributed by atoms with Crippen LogP contribution in [-0.2, 0) is 4.79 Å². The van der Waals surface area contributed by atoms with Crippen molar-refractivity contribution in [3.05, 3.63) is 107 Å². The van der Waals surface area contributed by atoms with Crippen molar-refractivity contribution < 1.29 is 4.79 Å². The molecule has 0 radical (unpaired) electrons. The molecule has 158 valence electrons. The van der Waals surface area contributed by atoms with E-state index in [1.165, 1.54) is 0 Å². The summed E-state index contributed by atoms with van der Waals surface area (Å²) in [5, 5.41) is 11.2. The van der Waals surface area contributed by atoms with Crippen molar-refractivity contribution in [3.8, 4) is 16.9 Å².